The molecule has 8 nitrogen and oxygen atoms in total. The van der Waals surface area contributed by atoms with E-state index >= 15 is 0 Å². The van der Waals surface area contributed by atoms with E-state index in [0.717, 1.165) is 46.2 Å². The Bertz CT molecular complexity index is 1400. The van der Waals surface area contributed by atoms with Gasteiger partial charge in [-0.2, -0.15) is 0 Å². The first kappa shape index (κ1) is 24.1. The van der Waals surface area contributed by atoms with Crippen LogP contribution >= 0.6 is 0 Å². The standard InChI is InChI=1S/C28H34N6O2/c1-18-31-23-10-6-7-11-25(23)34(18)20-12-14-33(15-13-20)26(35)24(32-27(36)28(2,3)29)16-19-17-30-22-9-5-4-8-21(19)22/h4-11,17,20,24,30H,12-16,29H2,1-3H3,(H,32,36). The normalized spacial score (nSPS) is 15.9. The van der Waals surface area contributed by atoms with E-state index in [1.54, 1.807) is 13.8 Å². The summed E-state index contributed by atoms with van der Waals surface area (Å²) in [4.78, 5) is 36.4. The van der Waals surface area contributed by atoms with Gasteiger partial charge in [-0.25, -0.2) is 4.98 Å². The molecule has 1 aliphatic heterocycles. The smallest absolute Gasteiger partial charge is 0.245 e. The summed E-state index contributed by atoms with van der Waals surface area (Å²) in [6.07, 6.45) is 3.99. The number of H-pyrrole nitrogens is 1. The second kappa shape index (κ2) is 9.43. The zero-order valence-corrected chi connectivity index (χ0v) is 21.1. The van der Waals surface area contributed by atoms with Gasteiger partial charge in [0.05, 0.1) is 16.6 Å². The highest BCUT2D eigenvalue weighted by Crippen LogP contribution is 2.29. The third-order valence-electron chi connectivity index (χ3n) is 7.20. The van der Waals surface area contributed by atoms with E-state index in [-0.39, 0.29) is 17.9 Å². The molecule has 0 saturated carbocycles. The van der Waals surface area contributed by atoms with E-state index < -0.39 is 11.6 Å². The number of rotatable bonds is 6. The number of aromatic nitrogens is 3. The van der Waals surface area contributed by atoms with Gasteiger partial charge in [0.25, 0.3) is 0 Å². The summed E-state index contributed by atoms with van der Waals surface area (Å²) in [6, 6.07) is 15.8. The van der Waals surface area contributed by atoms with Crippen molar-refractivity contribution in [2.45, 2.75) is 57.7 Å². The van der Waals surface area contributed by atoms with Gasteiger partial charge in [-0.05, 0) is 57.4 Å². The van der Waals surface area contributed by atoms with E-state index in [1.165, 1.54) is 0 Å². The molecule has 1 fully saturated rings. The van der Waals surface area contributed by atoms with Crippen LogP contribution in [0.5, 0.6) is 0 Å². The average molecular weight is 487 g/mol. The van der Waals surface area contributed by atoms with E-state index in [2.05, 4.69) is 20.9 Å². The lowest BCUT2D eigenvalue weighted by Gasteiger charge is -2.36. The molecule has 8 heteroatoms. The number of aryl methyl sites for hydroxylation is 1. The van der Waals surface area contributed by atoms with Crippen LogP contribution in [0.3, 0.4) is 0 Å². The van der Waals surface area contributed by atoms with Gasteiger partial charge < -0.3 is 25.5 Å². The van der Waals surface area contributed by atoms with Crippen molar-refractivity contribution in [3.8, 4) is 0 Å². The van der Waals surface area contributed by atoms with Crippen molar-refractivity contribution in [2.75, 3.05) is 13.1 Å². The SMILES string of the molecule is Cc1nc2ccccc2n1C1CCN(C(=O)C(Cc2c[nH]c3ccccc23)NC(=O)C(C)(C)N)CC1. The van der Waals surface area contributed by atoms with Crippen molar-refractivity contribution in [3.05, 3.63) is 66.1 Å². The highest BCUT2D eigenvalue weighted by molar-refractivity contribution is 5.92. The van der Waals surface area contributed by atoms with Crippen molar-refractivity contribution in [1.29, 1.82) is 0 Å². The van der Waals surface area contributed by atoms with E-state index in [1.807, 2.05) is 60.5 Å². The Balaban J connectivity index is 1.34. The van der Waals surface area contributed by atoms with Crippen LogP contribution in [0.4, 0.5) is 0 Å². The maximum absolute atomic E-state index is 13.7. The quantitative estimate of drug-likeness (QED) is 0.388. The monoisotopic (exact) mass is 486 g/mol. The molecular formula is C28H34N6O2. The van der Waals surface area contributed by atoms with Crippen LogP contribution in [0.15, 0.2) is 54.7 Å². The van der Waals surface area contributed by atoms with Crippen LogP contribution in [0, 0.1) is 6.92 Å². The van der Waals surface area contributed by atoms with E-state index in [9.17, 15) is 9.59 Å². The molecule has 2 amide bonds. The van der Waals surface area contributed by atoms with Crippen LogP contribution in [0.25, 0.3) is 21.9 Å². The first-order valence-corrected chi connectivity index (χ1v) is 12.6. The van der Waals surface area contributed by atoms with Gasteiger partial charge in [0.1, 0.15) is 11.9 Å². The summed E-state index contributed by atoms with van der Waals surface area (Å²) >= 11 is 0. The number of nitrogens with one attached hydrogen (secondary N) is 2. The predicted octanol–water partition coefficient (Wildman–Crippen LogP) is 3.45. The number of nitrogens with zero attached hydrogens (tertiary/aromatic N) is 3. The minimum atomic E-state index is -1.08. The highest BCUT2D eigenvalue weighted by Gasteiger charge is 2.33. The van der Waals surface area contributed by atoms with Crippen LogP contribution < -0.4 is 11.1 Å². The molecule has 188 valence electrons. The number of carbonyl (C=O) groups excluding carboxylic acids is 2. The van der Waals surface area contributed by atoms with Crippen molar-refractivity contribution < 1.29 is 9.59 Å². The lowest BCUT2D eigenvalue weighted by atomic mass is 9.99. The summed E-state index contributed by atoms with van der Waals surface area (Å²) in [6.45, 7) is 6.60. The van der Waals surface area contributed by atoms with Gasteiger partial charge in [-0.1, -0.05) is 30.3 Å². The summed E-state index contributed by atoms with van der Waals surface area (Å²) in [7, 11) is 0. The van der Waals surface area contributed by atoms with Crippen LogP contribution in [-0.4, -0.2) is 55.9 Å². The van der Waals surface area contributed by atoms with Gasteiger partial charge in [-0.3, -0.25) is 9.59 Å². The molecule has 5 rings (SSSR count). The zero-order valence-electron chi connectivity index (χ0n) is 21.1. The molecular weight excluding hydrogens is 452 g/mol. The third kappa shape index (κ3) is 4.60. The molecule has 3 heterocycles. The molecule has 0 aliphatic carbocycles. The second-order valence-electron chi connectivity index (χ2n) is 10.4. The number of para-hydroxylation sites is 3. The van der Waals surface area contributed by atoms with Gasteiger partial charge in [0.2, 0.25) is 11.8 Å². The first-order valence-electron chi connectivity index (χ1n) is 12.6. The number of nitrogens with two attached hydrogens (primary N) is 1. The Hall–Kier alpha value is -3.65. The summed E-state index contributed by atoms with van der Waals surface area (Å²) < 4.78 is 2.30. The Labute approximate surface area is 210 Å². The van der Waals surface area contributed by atoms with Crippen LogP contribution in [0.2, 0.25) is 0 Å². The first-order chi connectivity index (χ1) is 17.2. The molecule has 36 heavy (non-hydrogen) atoms. The highest BCUT2D eigenvalue weighted by atomic mass is 16.2. The predicted molar refractivity (Wildman–Crippen MR) is 142 cm³/mol. The van der Waals surface area contributed by atoms with Crippen LogP contribution in [-0.2, 0) is 16.0 Å². The lowest BCUT2D eigenvalue weighted by Crippen LogP contribution is -2.57. The second-order valence-corrected chi connectivity index (χ2v) is 10.4. The number of benzene rings is 2. The number of fused-ring (bicyclic) bond motifs is 2. The van der Waals surface area contributed by atoms with Crippen molar-refractivity contribution in [3.63, 3.8) is 0 Å². The van der Waals surface area contributed by atoms with Gasteiger partial charge in [0, 0.05) is 42.7 Å². The van der Waals surface area contributed by atoms with E-state index in [4.69, 9.17) is 10.7 Å². The zero-order chi connectivity index (χ0) is 25.4. The number of hydrogen-bond acceptors (Lipinski definition) is 4. The number of carbonyl (C=O) groups is 2. The molecule has 0 spiro atoms. The fraction of sp³-hybridized carbons (Fsp3) is 0.393. The molecule has 1 aliphatic rings. The number of piperidine rings is 1. The maximum Gasteiger partial charge on any atom is 0.245 e. The van der Waals surface area contributed by atoms with Gasteiger partial charge >= 0.3 is 0 Å². The average Bonchev–Trinajstić information content (AvgIpc) is 3.42. The summed E-state index contributed by atoms with van der Waals surface area (Å²) in [5, 5.41) is 4.00. The molecule has 1 atom stereocenters. The van der Waals surface area contributed by atoms with Crippen molar-refractivity contribution in [1.82, 2.24) is 24.8 Å². The Morgan fingerprint density at radius 1 is 1.14 bits per heavy atom. The Morgan fingerprint density at radius 3 is 2.58 bits per heavy atom. The fourth-order valence-electron chi connectivity index (χ4n) is 5.26. The molecule has 1 unspecified atom stereocenters. The van der Waals surface area contributed by atoms with Crippen molar-refractivity contribution >= 4 is 33.8 Å². The van der Waals surface area contributed by atoms with Crippen LogP contribution in [0.1, 0.15) is 44.1 Å². The number of imidazole rings is 1. The minimum Gasteiger partial charge on any atom is -0.361 e. The molecule has 0 bridgehead atoms. The molecule has 4 N–H and O–H groups in total. The number of amides is 2. The maximum atomic E-state index is 13.7. The van der Waals surface area contributed by atoms with Gasteiger partial charge in [-0.15, -0.1) is 0 Å². The molecule has 1 saturated heterocycles. The number of likely N-dealkylation sites (tertiary alicyclic amines) is 1. The topological polar surface area (TPSA) is 109 Å². The molecule has 4 aromatic rings. The lowest BCUT2D eigenvalue weighted by molar-refractivity contribution is -0.138. The molecule has 2 aromatic carbocycles. The Morgan fingerprint density at radius 2 is 1.83 bits per heavy atom. The molecule has 0 radical (unpaired) electrons. The minimum absolute atomic E-state index is 0.0662. The summed E-state index contributed by atoms with van der Waals surface area (Å²) in [5.74, 6) is 0.593. The Kier molecular flexibility index (Phi) is 6.30. The number of aromatic amines is 1. The molecule has 2 aromatic heterocycles. The fourth-order valence-corrected chi connectivity index (χ4v) is 5.26. The van der Waals surface area contributed by atoms with Gasteiger partial charge in [0.15, 0.2) is 0 Å². The third-order valence-corrected chi connectivity index (χ3v) is 7.20. The summed E-state index contributed by atoms with van der Waals surface area (Å²) in [5.41, 5.74) is 9.11. The largest absolute Gasteiger partial charge is 0.361 e. The van der Waals surface area contributed by atoms with E-state index in [0.29, 0.717) is 19.5 Å². The number of hydrogen-bond donors (Lipinski definition) is 3. The van der Waals surface area contributed by atoms with Crippen molar-refractivity contribution in [2.24, 2.45) is 5.73 Å².